The molecule has 0 N–H and O–H groups in total. The van der Waals surface area contributed by atoms with E-state index < -0.39 is 0 Å². The van der Waals surface area contributed by atoms with Crippen molar-refractivity contribution in [1.29, 1.82) is 0 Å². The quantitative estimate of drug-likeness (QED) is 0.621. The van der Waals surface area contributed by atoms with Crippen molar-refractivity contribution in [2.45, 2.75) is 72.9 Å². The van der Waals surface area contributed by atoms with Crippen LogP contribution in [0.4, 0.5) is 0 Å². The molecule has 1 heteroatoms. The monoisotopic (exact) mass is 239 g/mol. The van der Waals surface area contributed by atoms with Crippen LogP contribution in [0, 0.1) is 0 Å². The summed E-state index contributed by atoms with van der Waals surface area (Å²) in [5.74, 6) is 0. The summed E-state index contributed by atoms with van der Waals surface area (Å²) in [4.78, 5) is 2.40. The van der Waals surface area contributed by atoms with Crippen molar-refractivity contribution in [2.75, 3.05) is 7.05 Å². The fraction of sp³-hybridized carbons (Fsp3) is 0.750. The predicted molar refractivity (Wildman–Crippen MR) is 81.5 cm³/mol. The highest BCUT2D eigenvalue weighted by molar-refractivity contribution is 5.23. The van der Waals surface area contributed by atoms with Crippen LogP contribution in [0.15, 0.2) is 24.3 Å². The molecule has 1 aliphatic heterocycles. The molecule has 1 saturated heterocycles. The summed E-state index contributed by atoms with van der Waals surface area (Å²) < 4.78 is 0. The fourth-order valence-corrected chi connectivity index (χ4v) is 1.98. The van der Waals surface area contributed by atoms with Gasteiger partial charge in [-0.1, -0.05) is 39.8 Å². The molecule has 1 aliphatic rings. The van der Waals surface area contributed by atoms with Gasteiger partial charge < -0.3 is 0 Å². The topological polar surface area (TPSA) is 3.24 Å². The minimum absolute atomic E-state index is 0.592. The van der Waals surface area contributed by atoms with Gasteiger partial charge in [0.25, 0.3) is 0 Å². The highest BCUT2D eigenvalue weighted by Crippen LogP contribution is 2.31. The lowest BCUT2D eigenvalue weighted by atomic mass is 9.86. The third kappa shape index (κ3) is 6.07. The summed E-state index contributed by atoms with van der Waals surface area (Å²) in [7, 11) is 2.19. The molecule has 2 unspecified atom stereocenters. The third-order valence-electron chi connectivity index (χ3n) is 3.15. The molecule has 1 rings (SSSR count). The maximum atomic E-state index is 4.11. The zero-order valence-electron chi connectivity index (χ0n) is 13.1. The van der Waals surface area contributed by atoms with Gasteiger partial charge >= 0.3 is 0 Å². The summed E-state index contributed by atoms with van der Waals surface area (Å²) in [6, 6.07) is 1.23. The van der Waals surface area contributed by atoms with E-state index in [0.717, 1.165) is 6.42 Å². The second kappa shape index (κ2) is 10.6. The molecule has 102 valence electrons. The standard InChI is InChI=1S/C12H21N.2C2H6/c1-9(2)7-6-8-12-10(3)11(4)13(12)5;2*1-2/h11-12H,1,3,6-8H2,2,4-5H3;2*1-2H3. The summed E-state index contributed by atoms with van der Waals surface area (Å²) in [6.07, 6.45) is 3.65. The lowest BCUT2D eigenvalue weighted by Gasteiger charge is -2.47. The lowest BCUT2D eigenvalue weighted by molar-refractivity contribution is 0.129. The highest BCUT2D eigenvalue weighted by Gasteiger charge is 2.34. The van der Waals surface area contributed by atoms with Gasteiger partial charge in [-0.25, -0.2) is 0 Å². The first kappa shape index (κ1) is 18.8. The Balaban J connectivity index is 0. The number of nitrogens with zero attached hydrogens (tertiary/aromatic N) is 1. The van der Waals surface area contributed by atoms with Crippen LogP contribution in [0.5, 0.6) is 0 Å². The minimum atomic E-state index is 0.592. The molecule has 1 fully saturated rings. The molecule has 0 aliphatic carbocycles. The van der Waals surface area contributed by atoms with Crippen molar-refractivity contribution < 1.29 is 0 Å². The first-order valence-electron chi connectivity index (χ1n) is 7.09. The number of hydrogen-bond acceptors (Lipinski definition) is 1. The highest BCUT2D eigenvalue weighted by atomic mass is 15.2. The predicted octanol–water partition coefficient (Wildman–Crippen LogP) is 5.04. The molecular weight excluding hydrogens is 206 g/mol. The lowest BCUT2D eigenvalue weighted by Crippen LogP contribution is -2.53. The molecule has 0 bridgehead atoms. The Morgan fingerprint density at radius 2 is 1.71 bits per heavy atom. The largest absolute Gasteiger partial charge is 0.293 e. The summed E-state index contributed by atoms with van der Waals surface area (Å²) >= 11 is 0. The van der Waals surface area contributed by atoms with Crippen molar-refractivity contribution in [3.05, 3.63) is 24.3 Å². The van der Waals surface area contributed by atoms with Crippen molar-refractivity contribution in [1.82, 2.24) is 4.90 Å². The van der Waals surface area contributed by atoms with Crippen LogP contribution in [0.1, 0.15) is 60.8 Å². The van der Waals surface area contributed by atoms with Gasteiger partial charge in [-0.15, -0.1) is 6.58 Å². The summed E-state index contributed by atoms with van der Waals surface area (Å²) in [6.45, 7) is 20.3. The Kier molecular flexibility index (Phi) is 11.7. The summed E-state index contributed by atoms with van der Waals surface area (Å²) in [5.41, 5.74) is 2.70. The van der Waals surface area contributed by atoms with E-state index in [1.54, 1.807) is 0 Å². The Morgan fingerprint density at radius 3 is 2.06 bits per heavy atom. The van der Waals surface area contributed by atoms with Crippen molar-refractivity contribution in [2.24, 2.45) is 0 Å². The van der Waals surface area contributed by atoms with Crippen LogP contribution in [-0.2, 0) is 0 Å². The SMILES string of the molecule is C=C(C)CCCC1C(=C)C(C)N1C.CC.CC. The van der Waals surface area contributed by atoms with Gasteiger partial charge in [0.2, 0.25) is 0 Å². The molecule has 0 radical (unpaired) electrons. The zero-order chi connectivity index (χ0) is 14.0. The molecule has 0 spiro atoms. The van der Waals surface area contributed by atoms with Crippen molar-refractivity contribution in [3.8, 4) is 0 Å². The molecule has 0 aromatic carbocycles. The number of likely N-dealkylation sites (tertiary alicyclic amines) is 1. The Morgan fingerprint density at radius 1 is 1.24 bits per heavy atom. The Bertz CT molecular complexity index is 218. The first-order valence-corrected chi connectivity index (χ1v) is 7.09. The van der Waals surface area contributed by atoms with E-state index >= 15 is 0 Å². The second-order valence-corrected chi connectivity index (χ2v) is 4.28. The third-order valence-corrected chi connectivity index (χ3v) is 3.15. The minimum Gasteiger partial charge on any atom is -0.293 e. The smallest absolute Gasteiger partial charge is 0.0323 e. The van der Waals surface area contributed by atoms with Crippen LogP contribution in [0.3, 0.4) is 0 Å². The number of allylic oxidation sites excluding steroid dienone is 1. The average Bonchev–Trinajstić information content (AvgIpc) is 2.38. The van der Waals surface area contributed by atoms with E-state index in [0.29, 0.717) is 12.1 Å². The number of rotatable bonds is 4. The number of likely N-dealkylation sites (N-methyl/N-ethyl adjacent to an activating group) is 1. The van der Waals surface area contributed by atoms with Crippen molar-refractivity contribution >= 4 is 0 Å². The van der Waals surface area contributed by atoms with E-state index in [-0.39, 0.29) is 0 Å². The molecule has 0 aromatic rings. The Labute approximate surface area is 110 Å². The van der Waals surface area contributed by atoms with Crippen molar-refractivity contribution in [3.63, 3.8) is 0 Å². The molecule has 2 atom stereocenters. The molecule has 0 aromatic heterocycles. The van der Waals surface area contributed by atoms with E-state index in [2.05, 4.69) is 39.0 Å². The summed E-state index contributed by atoms with van der Waals surface area (Å²) in [5, 5.41) is 0. The zero-order valence-corrected chi connectivity index (χ0v) is 13.1. The molecule has 1 heterocycles. The van der Waals surface area contributed by atoms with Gasteiger partial charge in [0, 0.05) is 12.1 Å². The molecule has 0 saturated carbocycles. The van der Waals surface area contributed by atoms with E-state index in [4.69, 9.17) is 0 Å². The molecule has 17 heavy (non-hydrogen) atoms. The molecule has 1 nitrogen and oxygen atoms in total. The van der Waals surface area contributed by atoms with Crippen LogP contribution < -0.4 is 0 Å². The van der Waals surface area contributed by atoms with Gasteiger partial charge in [0.15, 0.2) is 0 Å². The van der Waals surface area contributed by atoms with Crippen LogP contribution in [-0.4, -0.2) is 24.0 Å². The van der Waals surface area contributed by atoms with Gasteiger partial charge in [-0.2, -0.15) is 0 Å². The van der Waals surface area contributed by atoms with E-state index in [1.807, 2.05) is 27.7 Å². The van der Waals surface area contributed by atoms with Crippen LogP contribution >= 0.6 is 0 Å². The maximum Gasteiger partial charge on any atom is 0.0323 e. The van der Waals surface area contributed by atoms with Gasteiger partial charge in [0.05, 0.1) is 0 Å². The first-order chi connectivity index (χ1) is 8.04. The van der Waals surface area contributed by atoms with Crippen LogP contribution in [0.25, 0.3) is 0 Å². The van der Waals surface area contributed by atoms with Crippen LogP contribution in [0.2, 0.25) is 0 Å². The normalized spacial score (nSPS) is 22.6. The molecular formula is C16H33N. The van der Waals surface area contributed by atoms with Gasteiger partial charge in [-0.05, 0) is 45.7 Å². The molecule has 0 amide bonds. The second-order valence-electron chi connectivity index (χ2n) is 4.28. The fourth-order valence-electron chi connectivity index (χ4n) is 1.98. The number of hydrogen-bond donors (Lipinski definition) is 0. The van der Waals surface area contributed by atoms with Gasteiger partial charge in [0.1, 0.15) is 0 Å². The maximum absolute atomic E-state index is 4.11. The Hall–Kier alpha value is -0.560. The van der Waals surface area contributed by atoms with Gasteiger partial charge in [-0.3, -0.25) is 4.90 Å². The van der Waals surface area contributed by atoms with E-state index in [1.165, 1.54) is 24.0 Å². The van der Waals surface area contributed by atoms with E-state index in [9.17, 15) is 0 Å². The average molecular weight is 239 g/mol.